The third kappa shape index (κ3) is 10.3. The summed E-state index contributed by atoms with van der Waals surface area (Å²) in [4.78, 5) is 28.8. The number of ether oxygens (including phenoxy) is 1. The number of carboxylic acid groups (broad SMARTS) is 2. The van der Waals surface area contributed by atoms with Gasteiger partial charge in [0.1, 0.15) is 17.4 Å². The lowest BCUT2D eigenvalue weighted by Crippen LogP contribution is -2.45. The van der Waals surface area contributed by atoms with E-state index in [1.165, 1.54) is 17.7 Å². The Kier molecular flexibility index (Phi) is 11.8. The largest absolute Gasteiger partial charge is 0.493 e. The molecule has 2 aromatic rings. The molecule has 39 heavy (non-hydrogen) atoms. The average molecular weight is 562 g/mol. The molecule has 2 N–H and O–H groups in total. The molecule has 1 saturated heterocycles. The summed E-state index contributed by atoms with van der Waals surface area (Å²) < 4.78 is 31.8. The van der Waals surface area contributed by atoms with Gasteiger partial charge in [-0.05, 0) is 43.9 Å². The van der Waals surface area contributed by atoms with Gasteiger partial charge < -0.3 is 24.7 Å². The number of aliphatic imine (C=N–C) groups is 1. The number of nitrogens with zero attached hydrogens (tertiary/aromatic N) is 3. The zero-order chi connectivity index (χ0) is 28.2. The fourth-order valence-corrected chi connectivity index (χ4v) is 5.31. The van der Waals surface area contributed by atoms with Crippen LogP contribution in [0, 0.1) is 11.6 Å². The van der Waals surface area contributed by atoms with Crippen molar-refractivity contribution in [3.05, 3.63) is 71.8 Å². The number of carboxylic acids is 2. The molecule has 0 atom stereocenters. The van der Waals surface area contributed by atoms with Crippen LogP contribution in [0.4, 0.5) is 14.5 Å². The smallest absolute Gasteiger partial charge is 0.328 e. The molecule has 11 heteroatoms. The molecule has 0 bridgehead atoms. The number of unbranched alkanes of at least 4 members (excludes halogenated alkanes) is 1. The first-order valence-corrected chi connectivity index (χ1v) is 13.7. The van der Waals surface area contributed by atoms with Crippen LogP contribution in [0.5, 0.6) is 5.75 Å². The lowest BCUT2D eigenvalue weighted by molar-refractivity contribution is -0.134. The first-order chi connectivity index (χ1) is 18.7. The van der Waals surface area contributed by atoms with Crippen LogP contribution < -0.4 is 4.74 Å². The minimum Gasteiger partial charge on any atom is -0.493 e. The molecule has 2 aromatic carbocycles. The van der Waals surface area contributed by atoms with Gasteiger partial charge in [0.05, 0.1) is 12.3 Å². The number of likely N-dealkylation sites (tertiary alicyclic amines) is 1. The van der Waals surface area contributed by atoms with Gasteiger partial charge in [-0.1, -0.05) is 30.0 Å². The first kappa shape index (κ1) is 30.1. The van der Waals surface area contributed by atoms with E-state index in [4.69, 9.17) is 19.9 Å². The second-order valence-electron chi connectivity index (χ2n) is 9.17. The highest BCUT2D eigenvalue weighted by molar-refractivity contribution is 8.13. The van der Waals surface area contributed by atoms with Crippen molar-refractivity contribution in [2.24, 2.45) is 4.99 Å². The Morgan fingerprint density at radius 1 is 1.08 bits per heavy atom. The number of rotatable bonds is 9. The average Bonchev–Trinajstić information content (AvgIpc) is 2.91. The fourth-order valence-electron chi connectivity index (χ4n) is 4.27. The van der Waals surface area contributed by atoms with E-state index in [1.54, 1.807) is 0 Å². The molecule has 2 aliphatic heterocycles. The summed E-state index contributed by atoms with van der Waals surface area (Å²) in [7, 11) is 2.17. The number of amidine groups is 1. The molecule has 2 aliphatic rings. The van der Waals surface area contributed by atoms with Crippen molar-refractivity contribution in [1.82, 2.24) is 9.80 Å². The van der Waals surface area contributed by atoms with E-state index < -0.39 is 23.6 Å². The molecule has 0 aromatic heterocycles. The topological polar surface area (TPSA) is 103 Å². The summed E-state index contributed by atoms with van der Waals surface area (Å²) in [6.45, 7) is 3.67. The number of halogens is 2. The van der Waals surface area contributed by atoms with Crippen LogP contribution in [-0.4, -0.2) is 76.4 Å². The summed E-state index contributed by atoms with van der Waals surface area (Å²) >= 11 is 1.83. The van der Waals surface area contributed by atoms with E-state index in [2.05, 4.69) is 41.1 Å². The molecule has 0 aliphatic carbocycles. The molecule has 210 valence electrons. The summed E-state index contributed by atoms with van der Waals surface area (Å²) in [6.07, 6.45) is 5.26. The number of thioether (sulfide) groups is 1. The van der Waals surface area contributed by atoms with Gasteiger partial charge in [-0.15, -0.1) is 0 Å². The number of aliphatic carboxylic acids is 2. The van der Waals surface area contributed by atoms with Crippen LogP contribution in [0.25, 0.3) is 0 Å². The molecule has 2 heterocycles. The van der Waals surface area contributed by atoms with Crippen molar-refractivity contribution >= 4 is 34.6 Å². The zero-order valence-electron chi connectivity index (χ0n) is 21.8. The third-order valence-corrected chi connectivity index (χ3v) is 7.41. The van der Waals surface area contributed by atoms with Crippen molar-refractivity contribution < 1.29 is 33.3 Å². The highest BCUT2D eigenvalue weighted by Gasteiger charge is 2.26. The van der Waals surface area contributed by atoms with Gasteiger partial charge in [-0.25, -0.2) is 23.4 Å². The van der Waals surface area contributed by atoms with Gasteiger partial charge in [-0.2, -0.15) is 0 Å². The molecule has 8 nitrogen and oxygen atoms in total. The van der Waals surface area contributed by atoms with Crippen LogP contribution in [-0.2, 0) is 15.3 Å². The molecule has 0 unspecified atom stereocenters. The summed E-state index contributed by atoms with van der Waals surface area (Å²) in [5.41, 5.74) is 2.41. The van der Waals surface area contributed by atoms with Crippen molar-refractivity contribution in [2.75, 3.05) is 33.3 Å². The van der Waals surface area contributed by atoms with Crippen molar-refractivity contribution in [3.8, 4) is 5.75 Å². The molecule has 0 saturated carbocycles. The van der Waals surface area contributed by atoms with Gasteiger partial charge >= 0.3 is 11.9 Å². The minimum absolute atomic E-state index is 0.257. The van der Waals surface area contributed by atoms with Crippen LogP contribution >= 0.6 is 11.8 Å². The number of hydrogen-bond donors (Lipinski definition) is 2. The highest BCUT2D eigenvalue weighted by Crippen LogP contribution is 2.33. The van der Waals surface area contributed by atoms with Crippen molar-refractivity contribution in [1.29, 1.82) is 0 Å². The number of piperidine rings is 1. The molecule has 4 rings (SSSR count). The number of fused-ring (bicyclic) bond motifs is 1. The van der Waals surface area contributed by atoms with Crippen LogP contribution in [0.1, 0.15) is 31.2 Å². The maximum absolute atomic E-state index is 13.2. The Balaban J connectivity index is 0.000000459. The quantitative estimate of drug-likeness (QED) is 0.320. The van der Waals surface area contributed by atoms with Gasteiger partial charge in [0.2, 0.25) is 0 Å². The zero-order valence-corrected chi connectivity index (χ0v) is 22.6. The standard InChI is InChI=1S/C24H29F2N3OS.C4H4O4/c1-28(24-27-23-7-3-2-6-18(23)17-31-24)21-8-11-29(12-9-21)10-4-5-13-30-22-15-19(25)14-20(26)16-22;5-3(6)1-2-4(7)8/h2-3,6-7,14-16,21H,4-5,8-13,17H2,1H3;1-2H,(H,5,6)(H,7,8)/b;2-1+. The van der Waals surface area contributed by atoms with Gasteiger partial charge in [0, 0.05) is 62.3 Å². The monoisotopic (exact) mass is 561 g/mol. The molecule has 0 radical (unpaired) electrons. The van der Waals surface area contributed by atoms with Gasteiger partial charge in [-0.3, -0.25) is 0 Å². The van der Waals surface area contributed by atoms with E-state index in [-0.39, 0.29) is 5.75 Å². The van der Waals surface area contributed by atoms with Gasteiger partial charge in [0.25, 0.3) is 0 Å². The Morgan fingerprint density at radius 3 is 2.36 bits per heavy atom. The van der Waals surface area contributed by atoms with Crippen molar-refractivity contribution in [3.63, 3.8) is 0 Å². The second-order valence-corrected chi connectivity index (χ2v) is 10.1. The Bertz CT molecular complexity index is 1150. The Hall–Kier alpha value is -3.44. The third-order valence-electron chi connectivity index (χ3n) is 6.31. The van der Waals surface area contributed by atoms with Gasteiger partial charge in [0.15, 0.2) is 5.17 Å². The predicted octanol–water partition coefficient (Wildman–Crippen LogP) is 5.17. The van der Waals surface area contributed by atoms with Crippen LogP contribution in [0.2, 0.25) is 0 Å². The lowest BCUT2D eigenvalue weighted by Gasteiger charge is -2.38. The molecule has 1 fully saturated rings. The van der Waals surface area contributed by atoms with E-state index in [0.29, 0.717) is 24.8 Å². The SMILES string of the molecule is CN(C1=Nc2ccccc2CS1)C1CCN(CCCCOc2cc(F)cc(F)c2)CC1.O=C(O)/C=C/C(=O)O. The van der Waals surface area contributed by atoms with E-state index in [1.807, 2.05) is 11.8 Å². The molecule has 0 amide bonds. The van der Waals surface area contributed by atoms with E-state index in [9.17, 15) is 18.4 Å². The number of benzene rings is 2. The van der Waals surface area contributed by atoms with E-state index in [0.717, 1.165) is 68.0 Å². The number of para-hydroxylation sites is 1. The Morgan fingerprint density at radius 2 is 1.72 bits per heavy atom. The van der Waals surface area contributed by atoms with Crippen LogP contribution in [0.3, 0.4) is 0 Å². The van der Waals surface area contributed by atoms with Crippen LogP contribution in [0.15, 0.2) is 59.6 Å². The summed E-state index contributed by atoms with van der Waals surface area (Å²) in [5.74, 6) is -2.48. The maximum Gasteiger partial charge on any atom is 0.328 e. The minimum atomic E-state index is -1.26. The fraction of sp³-hybridized carbons (Fsp3) is 0.393. The molecular formula is C28H33F2N3O5S. The first-order valence-electron chi connectivity index (χ1n) is 12.7. The normalized spacial score (nSPS) is 15.6. The number of carbonyl (C=O) groups is 2. The number of hydrogen-bond acceptors (Lipinski definition) is 7. The molecular weight excluding hydrogens is 528 g/mol. The Labute approximate surface area is 231 Å². The summed E-state index contributed by atoms with van der Waals surface area (Å²) in [6, 6.07) is 12.2. The maximum atomic E-state index is 13.2. The summed E-state index contributed by atoms with van der Waals surface area (Å²) in [5, 5.41) is 16.8. The van der Waals surface area contributed by atoms with Crippen molar-refractivity contribution in [2.45, 2.75) is 37.5 Å². The molecule has 0 spiro atoms. The highest BCUT2D eigenvalue weighted by atomic mass is 32.2. The van der Waals surface area contributed by atoms with E-state index >= 15 is 0 Å². The lowest BCUT2D eigenvalue weighted by atomic mass is 10.0. The predicted molar refractivity (Wildman–Crippen MR) is 148 cm³/mol. The second kappa shape index (κ2) is 15.2.